The molecule has 2 aromatic rings. The van der Waals surface area contributed by atoms with E-state index in [1.807, 2.05) is 0 Å². The monoisotopic (exact) mass is 357 g/mol. The molecule has 0 aliphatic carbocycles. The van der Waals surface area contributed by atoms with Crippen molar-refractivity contribution in [2.24, 2.45) is 0 Å². The molecular formula is C16H11Cl3FNO. The summed E-state index contributed by atoms with van der Waals surface area (Å²) in [5.41, 5.74) is 1.05. The first-order valence-electron chi connectivity index (χ1n) is 6.57. The Morgan fingerprint density at radius 1 is 1.09 bits per heavy atom. The first-order valence-corrected chi connectivity index (χ1v) is 7.70. The SMILES string of the molecule is CC1(Cc2ccc(F)c(Cl)c2)C(=O)Nc2c(Cl)ccc(Cl)c21. The highest BCUT2D eigenvalue weighted by Crippen LogP contribution is 2.47. The summed E-state index contributed by atoms with van der Waals surface area (Å²) in [5.74, 6) is -0.689. The molecule has 0 fully saturated rings. The van der Waals surface area contributed by atoms with E-state index in [0.717, 1.165) is 5.56 Å². The van der Waals surface area contributed by atoms with Crippen LogP contribution in [0.3, 0.4) is 0 Å². The van der Waals surface area contributed by atoms with Gasteiger partial charge in [-0.3, -0.25) is 4.79 Å². The highest BCUT2D eigenvalue weighted by molar-refractivity contribution is 6.38. The van der Waals surface area contributed by atoms with E-state index in [2.05, 4.69) is 5.32 Å². The molecule has 6 heteroatoms. The molecular weight excluding hydrogens is 348 g/mol. The molecule has 1 unspecified atom stereocenters. The summed E-state index contributed by atoms with van der Waals surface area (Å²) in [6, 6.07) is 7.72. The highest BCUT2D eigenvalue weighted by atomic mass is 35.5. The third-order valence-corrected chi connectivity index (χ3v) is 4.86. The Bertz CT molecular complexity index is 793. The lowest BCUT2D eigenvalue weighted by Gasteiger charge is -2.23. The molecule has 2 nitrogen and oxygen atoms in total. The minimum Gasteiger partial charge on any atom is -0.324 e. The van der Waals surface area contributed by atoms with Gasteiger partial charge in [0.15, 0.2) is 0 Å². The van der Waals surface area contributed by atoms with Crippen molar-refractivity contribution in [3.05, 3.63) is 62.3 Å². The Labute approximate surface area is 142 Å². The van der Waals surface area contributed by atoms with Crippen LogP contribution in [0.5, 0.6) is 0 Å². The first kappa shape index (κ1) is 15.6. The zero-order valence-electron chi connectivity index (χ0n) is 11.5. The summed E-state index contributed by atoms with van der Waals surface area (Å²) >= 11 is 18.2. The van der Waals surface area contributed by atoms with Crippen molar-refractivity contribution in [2.45, 2.75) is 18.8 Å². The second-order valence-electron chi connectivity index (χ2n) is 5.49. The van der Waals surface area contributed by atoms with Crippen LogP contribution in [0.1, 0.15) is 18.1 Å². The lowest BCUT2D eigenvalue weighted by molar-refractivity contribution is -0.120. The molecule has 1 aliphatic rings. The molecule has 114 valence electrons. The smallest absolute Gasteiger partial charge is 0.235 e. The molecule has 3 rings (SSSR count). The number of fused-ring (bicyclic) bond motifs is 1. The number of carbonyl (C=O) groups is 1. The molecule has 0 aromatic heterocycles. The standard InChI is InChI=1S/C16H11Cl3FNO/c1-16(7-8-2-5-12(20)11(19)6-8)13-9(17)3-4-10(18)14(13)21-15(16)22/h2-6H,7H2,1H3,(H,21,22). The molecule has 1 heterocycles. The Kier molecular flexibility index (Phi) is 3.84. The molecule has 0 spiro atoms. The molecule has 1 aliphatic heterocycles. The van der Waals surface area contributed by atoms with E-state index in [9.17, 15) is 9.18 Å². The number of hydrogen-bond donors (Lipinski definition) is 1. The fourth-order valence-corrected chi connectivity index (χ4v) is 3.58. The van der Waals surface area contributed by atoms with E-state index in [1.165, 1.54) is 12.1 Å². The summed E-state index contributed by atoms with van der Waals surface area (Å²) in [6.07, 6.45) is 0.339. The van der Waals surface area contributed by atoms with Crippen LogP contribution < -0.4 is 5.32 Å². The Morgan fingerprint density at radius 3 is 2.45 bits per heavy atom. The number of rotatable bonds is 2. The molecule has 0 saturated heterocycles. The average molecular weight is 359 g/mol. The van der Waals surface area contributed by atoms with Gasteiger partial charge in [-0.15, -0.1) is 0 Å². The van der Waals surface area contributed by atoms with Gasteiger partial charge in [0.05, 0.1) is 21.1 Å². The van der Waals surface area contributed by atoms with Gasteiger partial charge in [0, 0.05) is 10.6 Å². The largest absolute Gasteiger partial charge is 0.324 e. The number of hydrogen-bond acceptors (Lipinski definition) is 1. The van der Waals surface area contributed by atoms with Crippen molar-refractivity contribution in [1.29, 1.82) is 0 Å². The van der Waals surface area contributed by atoms with E-state index in [1.54, 1.807) is 25.1 Å². The van der Waals surface area contributed by atoms with Gasteiger partial charge in [0.2, 0.25) is 5.91 Å². The van der Waals surface area contributed by atoms with Crippen molar-refractivity contribution in [3.63, 3.8) is 0 Å². The van der Waals surface area contributed by atoms with Crippen LogP contribution in [0, 0.1) is 5.82 Å². The maximum Gasteiger partial charge on any atom is 0.235 e. The summed E-state index contributed by atoms with van der Waals surface area (Å²) in [4.78, 5) is 12.5. The van der Waals surface area contributed by atoms with Crippen molar-refractivity contribution in [1.82, 2.24) is 0 Å². The summed E-state index contributed by atoms with van der Waals surface area (Å²) in [6.45, 7) is 1.79. The summed E-state index contributed by atoms with van der Waals surface area (Å²) < 4.78 is 13.3. The van der Waals surface area contributed by atoms with Gasteiger partial charge in [-0.2, -0.15) is 0 Å². The van der Waals surface area contributed by atoms with Gasteiger partial charge >= 0.3 is 0 Å². The number of halogens is 4. The van der Waals surface area contributed by atoms with Crippen LogP contribution in [-0.4, -0.2) is 5.91 Å². The second kappa shape index (κ2) is 5.41. The zero-order chi connectivity index (χ0) is 16.1. The maximum atomic E-state index is 13.3. The average Bonchev–Trinajstić information content (AvgIpc) is 2.72. The lowest BCUT2D eigenvalue weighted by Crippen LogP contribution is -2.33. The highest BCUT2D eigenvalue weighted by Gasteiger charge is 2.45. The van der Waals surface area contributed by atoms with E-state index < -0.39 is 11.2 Å². The van der Waals surface area contributed by atoms with Gasteiger partial charge in [-0.1, -0.05) is 40.9 Å². The number of benzene rings is 2. The van der Waals surface area contributed by atoms with Crippen LogP contribution in [0.25, 0.3) is 0 Å². The summed E-state index contributed by atoms with van der Waals surface area (Å²) in [7, 11) is 0. The third kappa shape index (κ3) is 2.37. The molecule has 1 N–H and O–H groups in total. The molecule has 1 amide bonds. The summed E-state index contributed by atoms with van der Waals surface area (Å²) in [5, 5.41) is 3.71. The molecule has 2 aromatic carbocycles. The van der Waals surface area contributed by atoms with E-state index in [0.29, 0.717) is 27.7 Å². The van der Waals surface area contributed by atoms with Crippen LogP contribution in [0.2, 0.25) is 15.1 Å². The number of anilines is 1. The van der Waals surface area contributed by atoms with Crippen molar-refractivity contribution >= 4 is 46.4 Å². The van der Waals surface area contributed by atoms with Crippen molar-refractivity contribution in [2.75, 3.05) is 5.32 Å². The van der Waals surface area contributed by atoms with Crippen LogP contribution >= 0.6 is 34.8 Å². The minimum atomic E-state index is -0.890. The van der Waals surface area contributed by atoms with Crippen molar-refractivity contribution < 1.29 is 9.18 Å². The van der Waals surface area contributed by atoms with Crippen LogP contribution in [0.4, 0.5) is 10.1 Å². The molecule has 22 heavy (non-hydrogen) atoms. The Hall–Kier alpha value is -1.29. The number of carbonyl (C=O) groups excluding carboxylic acids is 1. The topological polar surface area (TPSA) is 29.1 Å². The molecule has 0 radical (unpaired) electrons. The number of amides is 1. The predicted octanol–water partition coefficient (Wildman–Crippen LogP) is 5.24. The zero-order valence-corrected chi connectivity index (χ0v) is 13.8. The molecule has 1 atom stereocenters. The fourth-order valence-electron chi connectivity index (χ4n) is 2.80. The van der Waals surface area contributed by atoms with E-state index in [-0.39, 0.29) is 10.9 Å². The molecule has 0 saturated carbocycles. The van der Waals surface area contributed by atoms with Crippen LogP contribution in [-0.2, 0) is 16.6 Å². The van der Waals surface area contributed by atoms with Gasteiger partial charge < -0.3 is 5.32 Å². The van der Waals surface area contributed by atoms with Crippen molar-refractivity contribution in [3.8, 4) is 0 Å². The predicted molar refractivity (Wildman–Crippen MR) is 87.6 cm³/mol. The van der Waals surface area contributed by atoms with Gasteiger partial charge in [0.1, 0.15) is 5.82 Å². The Morgan fingerprint density at radius 2 is 1.77 bits per heavy atom. The second-order valence-corrected chi connectivity index (χ2v) is 6.71. The number of nitrogens with one attached hydrogen (secondary N) is 1. The lowest BCUT2D eigenvalue weighted by atomic mass is 9.78. The Balaban J connectivity index is 2.09. The van der Waals surface area contributed by atoms with E-state index >= 15 is 0 Å². The van der Waals surface area contributed by atoms with E-state index in [4.69, 9.17) is 34.8 Å². The first-order chi connectivity index (χ1) is 10.3. The normalized spacial score (nSPS) is 20.0. The maximum absolute atomic E-state index is 13.3. The van der Waals surface area contributed by atoms with Crippen LogP contribution in [0.15, 0.2) is 30.3 Å². The quantitative estimate of drug-likeness (QED) is 0.781. The fraction of sp³-hybridized carbons (Fsp3) is 0.188. The van der Waals surface area contributed by atoms with Gasteiger partial charge in [0.25, 0.3) is 0 Å². The molecule has 0 bridgehead atoms. The van der Waals surface area contributed by atoms with Gasteiger partial charge in [-0.05, 0) is 43.2 Å². The van der Waals surface area contributed by atoms with Gasteiger partial charge in [-0.25, -0.2) is 4.39 Å². The third-order valence-electron chi connectivity index (χ3n) is 3.94. The minimum absolute atomic E-state index is 0.0249.